The van der Waals surface area contributed by atoms with Crippen molar-refractivity contribution in [1.29, 1.82) is 0 Å². The fraction of sp³-hybridized carbons (Fsp3) is 0.269. The van der Waals surface area contributed by atoms with Gasteiger partial charge in [-0.25, -0.2) is 0 Å². The van der Waals surface area contributed by atoms with E-state index in [-0.39, 0.29) is 0 Å². The highest BCUT2D eigenvalue weighted by molar-refractivity contribution is 5.73. The molecule has 1 atom stereocenters. The molecule has 4 nitrogen and oxygen atoms in total. The predicted octanol–water partition coefficient (Wildman–Crippen LogP) is 4.66. The molecule has 3 aromatic carbocycles. The Balaban J connectivity index is 0.000000575. The van der Waals surface area contributed by atoms with Gasteiger partial charge in [-0.1, -0.05) is 105 Å². The van der Waals surface area contributed by atoms with Crippen LogP contribution in [0.25, 0.3) is 0 Å². The molecule has 0 aliphatic heterocycles. The minimum atomic E-state index is -0.882. The highest BCUT2D eigenvalue weighted by Crippen LogP contribution is 2.37. The molecule has 0 aliphatic carbocycles. The zero-order valence-corrected chi connectivity index (χ0v) is 18.0. The van der Waals surface area contributed by atoms with Gasteiger partial charge in [0, 0.05) is 0 Å². The fourth-order valence-electron chi connectivity index (χ4n) is 3.45. The van der Waals surface area contributed by atoms with Gasteiger partial charge in [0.1, 0.15) is 6.04 Å². The van der Waals surface area contributed by atoms with Crippen molar-refractivity contribution in [1.82, 2.24) is 10.6 Å². The van der Waals surface area contributed by atoms with Crippen molar-refractivity contribution < 1.29 is 9.90 Å². The summed E-state index contributed by atoms with van der Waals surface area (Å²) in [5, 5.41) is 16.0. The van der Waals surface area contributed by atoms with E-state index in [0.717, 1.165) is 29.8 Å². The molecule has 3 rings (SSSR count). The molecule has 0 spiro atoms. The minimum absolute atomic E-state index is 0.722. The Bertz CT molecular complexity index is 769. The van der Waals surface area contributed by atoms with Crippen LogP contribution in [0.3, 0.4) is 0 Å². The molecule has 0 saturated carbocycles. The third-order valence-electron chi connectivity index (χ3n) is 4.92. The molecule has 30 heavy (non-hydrogen) atoms. The molecule has 0 aromatic heterocycles. The van der Waals surface area contributed by atoms with Crippen molar-refractivity contribution in [2.45, 2.75) is 32.4 Å². The van der Waals surface area contributed by atoms with Gasteiger partial charge in [0.15, 0.2) is 0 Å². The second-order valence-electron chi connectivity index (χ2n) is 7.01. The van der Waals surface area contributed by atoms with Crippen LogP contribution in [-0.4, -0.2) is 30.2 Å². The van der Waals surface area contributed by atoms with E-state index in [0.29, 0.717) is 0 Å². The quantitative estimate of drug-likeness (QED) is 0.478. The lowest BCUT2D eigenvalue weighted by molar-refractivity contribution is -0.139. The van der Waals surface area contributed by atoms with Crippen molar-refractivity contribution in [3.8, 4) is 0 Å². The zero-order chi connectivity index (χ0) is 21.8. The molecule has 0 radical (unpaired) electrons. The maximum atomic E-state index is 11.6. The Labute approximate surface area is 180 Å². The summed E-state index contributed by atoms with van der Waals surface area (Å²) in [6.45, 7) is 8.06. The molecule has 0 bridgehead atoms. The van der Waals surface area contributed by atoms with Crippen molar-refractivity contribution in [2.75, 3.05) is 13.1 Å². The third-order valence-corrected chi connectivity index (χ3v) is 4.92. The number of carbonyl (C=O) groups is 1. The SMILES string of the molecule is CC(NC(c1ccccc1)(c1ccccc1)c1ccccc1)C(=O)O.CCNCC. The van der Waals surface area contributed by atoms with Crippen LogP contribution in [0.15, 0.2) is 91.0 Å². The van der Waals surface area contributed by atoms with E-state index >= 15 is 0 Å². The van der Waals surface area contributed by atoms with Crippen molar-refractivity contribution in [3.63, 3.8) is 0 Å². The first-order valence-corrected chi connectivity index (χ1v) is 10.4. The summed E-state index contributed by atoms with van der Waals surface area (Å²) in [7, 11) is 0. The molecule has 0 heterocycles. The van der Waals surface area contributed by atoms with E-state index in [2.05, 4.69) is 24.5 Å². The van der Waals surface area contributed by atoms with Crippen LogP contribution in [0.4, 0.5) is 0 Å². The third kappa shape index (κ3) is 5.78. The summed E-state index contributed by atoms with van der Waals surface area (Å²) in [6.07, 6.45) is 0. The van der Waals surface area contributed by atoms with E-state index in [9.17, 15) is 9.90 Å². The molecule has 0 saturated heterocycles. The van der Waals surface area contributed by atoms with E-state index in [1.807, 2.05) is 91.0 Å². The molecule has 158 valence electrons. The Kier molecular flexibility index (Phi) is 9.26. The van der Waals surface area contributed by atoms with Crippen LogP contribution in [0.5, 0.6) is 0 Å². The molecule has 4 heteroatoms. The number of rotatable bonds is 8. The highest BCUT2D eigenvalue weighted by Gasteiger charge is 2.38. The van der Waals surface area contributed by atoms with Crippen LogP contribution in [0.2, 0.25) is 0 Å². The molecule has 0 amide bonds. The van der Waals surface area contributed by atoms with Crippen molar-refractivity contribution in [2.24, 2.45) is 0 Å². The lowest BCUT2D eigenvalue weighted by Crippen LogP contribution is -2.51. The van der Waals surface area contributed by atoms with Crippen LogP contribution in [0, 0.1) is 0 Å². The van der Waals surface area contributed by atoms with Gasteiger partial charge < -0.3 is 10.4 Å². The van der Waals surface area contributed by atoms with E-state index < -0.39 is 17.6 Å². The number of hydrogen-bond acceptors (Lipinski definition) is 3. The van der Waals surface area contributed by atoms with E-state index in [1.165, 1.54) is 0 Å². The van der Waals surface area contributed by atoms with Crippen molar-refractivity contribution in [3.05, 3.63) is 108 Å². The monoisotopic (exact) mass is 404 g/mol. The molecule has 0 fully saturated rings. The van der Waals surface area contributed by atoms with Crippen LogP contribution in [0.1, 0.15) is 37.5 Å². The highest BCUT2D eigenvalue weighted by atomic mass is 16.4. The lowest BCUT2D eigenvalue weighted by Gasteiger charge is -2.38. The second kappa shape index (κ2) is 11.9. The lowest BCUT2D eigenvalue weighted by atomic mass is 9.76. The molecule has 1 unspecified atom stereocenters. The predicted molar refractivity (Wildman–Crippen MR) is 124 cm³/mol. The number of carboxylic acids is 1. The average molecular weight is 405 g/mol. The summed E-state index contributed by atoms with van der Waals surface area (Å²) in [4.78, 5) is 11.6. The van der Waals surface area contributed by atoms with Gasteiger partial charge in [-0.2, -0.15) is 0 Å². The molecule has 3 aromatic rings. The van der Waals surface area contributed by atoms with Gasteiger partial charge >= 0.3 is 5.97 Å². The molecule has 3 N–H and O–H groups in total. The van der Waals surface area contributed by atoms with Crippen molar-refractivity contribution >= 4 is 5.97 Å². The fourth-order valence-corrected chi connectivity index (χ4v) is 3.45. The van der Waals surface area contributed by atoms with Gasteiger partial charge in [-0.15, -0.1) is 0 Å². The maximum Gasteiger partial charge on any atom is 0.320 e. The topological polar surface area (TPSA) is 61.4 Å². The minimum Gasteiger partial charge on any atom is -0.480 e. The van der Waals surface area contributed by atoms with Crippen LogP contribution in [-0.2, 0) is 10.3 Å². The van der Waals surface area contributed by atoms with Gasteiger partial charge in [-0.05, 0) is 36.7 Å². The number of nitrogens with one attached hydrogen (secondary N) is 2. The number of benzene rings is 3. The van der Waals surface area contributed by atoms with Crippen LogP contribution < -0.4 is 10.6 Å². The normalized spacial score (nSPS) is 11.8. The Morgan fingerprint density at radius 3 is 1.33 bits per heavy atom. The molecular weight excluding hydrogens is 372 g/mol. The molecular formula is C26H32N2O2. The number of carboxylic acid groups (broad SMARTS) is 1. The second-order valence-corrected chi connectivity index (χ2v) is 7.01. The van der Waals surface area contributed by atoms with E-state index in [4.69, 9.17) is 0 Å². The molecule has 0 aliphatic rings. The van der Waals surface area contributed by atoms with Gasteiger partial charge in [0.25, 0.3) is 0 Å². The summed E-state index contributed by atoms with van der Waals surface area (Å²) >= 11 is 0. The largest absolute Gasteiger partial charge is 0.480 e. The van der Waals surface area contributed by atoms with Gasteiger partial charge in [0.2, 0.25) is 0 Å². The first-order valence-electron chi connectivity index (χ1n) is 10.4. The maximum absolute atomic E-state index is 11.6. The van der Waals surface area contributed by atoms with Gasteiger partial charge in [-0.3, -0.25) is 10.1 Å². The first kappa shape index (κ1) is 23.3. The summed E-state index contributed by atoms with van der Waals surface area (Å²) in [5.74, 6) is -0.882. The first-order chi connectivity index (χ1) is 14.6. The standard InChI is InChI=1S/C22H21NO2.C4H11N/c1-17(21(24)25)23-22(18-11-5-2-6-12-18,19-13-7-3-8-14-19)20-15-9-4-10-16-20;1-3-5-4-2/h2-17,23H,1H3,(H,24,25);5H,3-4H2,1-2H3. The van der Waals surface area contributed by atoms with Crippen LogP contribution >= 0.6 is 0 Å². The average Bonchev–Trinajstić information content (AvgIpc) is 2.80. The number of aliphatic carboxylic acids is 1. The summed E-state index contributed by atoms with van der Waals surface area (Å²) < 4.78 is 0. The summed E-state index contributed by atoms with van der Waals surface area (Å²) in [6, 6.07) is 29.2. The Morgan fingerprint density at radius 2 is 1.10 bits per heavy atom. The van der Waals surface area contributed by atoms with Gasteiger partial charge in [0.05, 0.1) is 5.54 Å². The number of hydrogen-bond donors (Lipinski definition) is 3. The van der Waals surface area contributed by atoms with E-state index in [1.54, 1.807) is 6.92 Å². The Morgan fingerprint density at radius 1 is 0.767 bits per heavy atom. The Hall–Kier alpha value is -2.95. The zero-order valence-electron chi connectivity index (χ0n) is 18.0. The summed E-state index contributed by atoms with van der Waals surface area (Å²) in [5.41, 5.74) is 2.25. The smallest absolute Gasteiger partial charge is 0.320 e.